The Labute approximate surface area is 64.6 Å². The van der Waals surface area contributed by atoms with Gasteiger partial charge in [0.2, 0.25) is 0 Å². The average molecular weight is 137 g/mol. The van der Waals surface area contributed by atoms with Gasteiger partial charge in [0.1, 0.15) is 0 Å². The highest BCUT2D eigenvalue weighted by Gasteiger charge is 1.91. The van der Waals surface area contributed by atoms with E-state index < -0.39 is 0 Å². The summed E-state index contributed by atoms with van der Waals surface area (Å²) in [5.41, 5.74) is 2.65. The number of rotatable bonds is 4. The topological polar surface area (TPSA) is 0 Å². The van der Waals surface area contributed by atoms with Gasteiger partial charge in [-0.1, -0.05) is 37.1 Å². The van der Waals surface area contributed by atoms with Crippen LogP contribution in [0.3, 0.4) is 0 Å². The second-order valence-electron chi connectivity index (χ2n) is 2.73. The summed E-state index contributed by atoms with van der Waals surface area (Å²) in [5.74, 6) is 0. The first-order valence-electron chi connectivity index (χ1n) is 3.93. The molecule has 0 aromatic rings. The lowest BCUT2D eigenvalue weighted by Gasteiger charge is -2.01. The first kappa shape index (κ1) is 9.48. The van der Waals surface area contributed by atoms with Crippen LogP contribution in [-0.4, -0.2) is 0 Å². The molecule has 57 valence electrons. The molecule has 0 bridgehead atoms. The van der Waals surface area contributed by atoms with E-state index in [0.29, 0.717) is 0 Å². The van der Waals surface area contributed by atoms with Crippen LogP contribution >= 0.6 is 0 Å². The predicted molar refractivity (Wildman–Crippen MR) is 46.8 cm³/mol. The van der Waals surface area contributed by atoms with Gasteiger partial charge in [-0.05, 0) is 26.7 Å². The molecule has 0 spiro atoms. The Morgan fingerprint density at radius 2 is 2.00 bits per heavy atom. The Kier molecular flexibility index (Phi) is 5.00. The molecule has 0 aliphatic heterocycles. The Balaban J connectivity index is 3.79. The highest BCUT2D eigenvalue weighted by atomic mass is 14.0. The molecule has 0 N–H and O–H groups in total. The maximum absolute atomic E-state index is 5.36. The van der Waals surface area contributed by atoms with Crippen LogP contribution < -0.4 is 0 Å². The molecule has 0 heteroatoms. The summed E-state index contributed by atoms with van der Waals surface area (Å²) in [6.45, 7) is 11.8. The summed E-state index contributed by atoms with van der Waals surface area (Å²) in [6, 6.07) is 0. The average Bonchev–Trinajstić information content (AvgIpc) is 1.98. The van der Waals surface area contributed by atoms with E-state index >= 15 is 0 Å². The summed E-state index contributed by atoms with van der Waals surface area (Å²) in [7, 11) is 0. The highest BCUT2D eigenvalue weighted by molar-refractivity contribution is 5.19. The van der Waals surface area contributed by atoms with Crippen LogP contribution in [0.4, 0.5) is 0 Å². The molecule has 0 rings (SSSR count). The van der Waals surface area contributed by atoms with E-state index in [1.165, 1.54) is 30.4 Å². The van der Waals surface area contributed by atoms with Crippen LogP contribution in [0.1, 0.15) is 40.0 Å². The van der Waals surface area contributed by atoms with Crippen LogP contribution in [0.5, 0.6) is 0 Å². The molecule has 0 aliphatic carbocycles. The van der Waals surface area contributed by atoms with E-state index in [-0.39, 0.29) is 0 Å². The Morgan fingerprint density at radius 3 is 2.40 bits per heavy atom. The van der Waals surface area contributed by atoms with Gasteiger partial charge in [-0.2, -0.15) is 0 Å². The second kappa shape index (κ2) is 5.28. The van der Waals surface area contributed by atoms with Crippen LogP contribution in [0.2, 0.25) is 0 Å². The lowest BCUT2D eigenvalue weighted by Crippen LogP contribution is -1.81. The largest absolute Gasteiger partial charge is 0.0704 e. The quantitative estimate of drug-likeness (QED) is 0.520. The maximum atomic E-state index is 5.36. The summed E-state index contributed by atoms with van der Waals surface area (Å²) < 4.78 is 0. The zero-order chi connectivity index (χ0) is 7.98. The van der Waals surface area contributed by atoms with Crippen molar-refractivity contribution in [1.29, 1.82) is 0 Å². The number of hydrogen-bond donors (Lipinski definition) is 0. The zero-order valence-electron chi connectivity index (χ0n) is 7.28. The van der Waals surface area contributed by atoms with Crippen molar-refractivity contribution in [3.05, 3.63) is 23.8 Å². The van der Waals surface area contributed by atoms with Crippen LogP contribution in [0, 0.1) is 6.58 Å². The first-order chi connectivity index (χ1) is 4.72. The van der Waals surface area contributed by atoms with Crippen molar-refractivity contribution < 1.29 is 0 Å². The van der Waals surface area contributed by atoms with Crippen LogP contribution in [0.15, 0.2) is 17.2 Å². The summed E-state index contributed by atoms with van der Waals surface area (Å²) in [4.78, 5) is 0. The molecule has 0 atom stereocenters. The van der Waals surface area contributed by atoms with Gasteiger partial charge in [0, 0.05) is 0 Å². The van der Waals surface area contributed by atoms with E-state index in [1.807, 2.05) is 0 Å². The van der Waals surface area contributed by atoms with Crippen molar-refractivity contribution in [1.82, 2.24) is 0 Å². The van der Waals surface area contributed by atoms with E-state index in [4.69, 9.17) is 6.58 Å². The summed E-state index contributed by atoms with van der Waals surface area (Å²) in [5, 5.41) is 0. The summed E-state index contributed by atoms with van der Waals surface area (Å²) in [6.07, 6.45) is 5.41. The molecule has 0 nitrogen and oxygen atoms in total. The SMILES string of the molecule is [CH]=C/C(C)=C(/C)CCCC. The minimum atomic E-state index is 1.19. The van der Waals surface area contributed by atoms with Gasteiger partial charge in [-0.3, -0.25) is 0 Å². The summed E-state index contributed by atoms with van der Waals surface area (Å²) >= 11 is 0. The number of allylic oxidation sites excluding steroid dienone is 3. The fourth-order valence-electron chi connectivity index (χ4n) is 0.781. The highest BCUT2D eigenvalue weighted by Crippen LogP contribution is 2.11. The van der Waals surface area contributed by atoms with E-state index in [9.17, 15) is 0 Å². The van der Waals surface area contributed by atoms with E-state index in [0.717, 1.165) is 0 Å². The van der Waals surface area contributed by atoms with Gasteiger partial charge >= 0.3 is 0 Å². The van der Waals surface area contributed by atoms with Gasteiger partial charge in [0.05, 0.1) is 0 Å². The Morgan fingerprint density at radius 1 is 1.40 bits per heavy atom. The molecule has 0 saturated heterocycles. The van der Waals surface area contributed by atoms with Gasteiger partial charge in [0.25, 0.3) is 0 Å². The van der Waals surface area contributed by atoms with Gasteiger partial charge in [-0.25, -0.2) is 0 Å². The monoisotopic (exact) mass is 137 g/mol. The smallest absolute Gasteiger partial charge is 0.0317 e. The van der Waals surface area contributed by atoms with Crippen molar-refractivity contribution in [2.45, 2.75) is 40.0 Å². The van der Waals surface area contributed by atoms with Crippen molar-refractivity contribution in [3.8, 4) is 0 Å². The van der Waals surface area contributed by atoms with Gasteiger partial charge in [0.15, 0.2) is 0 Å². The first-order valence-corrected chi connectivity index (χ1v) is 3.93. The molecule has 1 radical (unpaired) electrons. The third kappa shape index (κ3) is 3.49. The van der Waals surface area contributed by atoms with Crippen molar-refractivity contribution >= 4 is 0 Å². The Hall–Kier alpha value is -0.520. The number of unbranched alkanes of at least 4 members (excludes halogenated alkanes) is 1. The fraction of sp³-hybridized carbons (Fsp3) is 0.600. The van der Waals surface area contributed by atoms with Crippen LogP contribution in [-0.2, 0) is 0 Å². The minimum absolute atomic E-state index is 1.19. The van der Waals surface area contributed by atoms with Gasteiger partial charge in [-0.15, -0.1) is 0 Å². The van der Waals surface area contributed by atoms with Crippen molar-refractivity contribution in [3.63, 3.8) is 0 Å². The third-order valence-electron chi connectivity index (χ3n) is 1.83. The molecule has 0 saturated carbocycles. The normalized spacial score (nSPS) is 12.7. The molecule has 0 aromatic heterocycles. The maximum Gasteiger partial charge on any atom is -0.0317 e. The van der Waals surface area contributed by atoms with Gasteiger partial charge < -0.3 is 0 Å². The number of hydrogen-bond acceptors (Lipinski definition) is 0. The van der Waals surface area contributed by atoms with Crippen molar-refractivity contribution in [2.24, 2.45) is 0 Å². The van der Waals surface area contributed by atoms with Crippen LogP contribution in [0.25, 0.3) is 0 Å². The third-order valence-corrected chi connectivity index (χ3v) is 1.83. The minimum Gasteiger partial charge on any atom is -0.0704 e. The molecular formula is C10H17. The second-order valence-corrected chi connectivity index (χ2v) is 2.73. The molecule has 0 aliphatic rings. The van der Waals surface area contributed by atoms with E-state index in [2.05, 4.69) is 20.8 Å². The molecular weight excluding hydrogens is 120 g/mol. The fourth-order valence-corrected chi connectivity index (χ4v) is 0.781. The lowest BCUT2D eigenvalue weighted by atomic mass is 10.1. The molecule has 0 amide bonds. The van der Waals surface area contributed by atoms with Crippen molar-refractivity contribution in [2.75, 3.05) is 0 Å². The predicted octanol–water partition coefficient (Wildman–Crippen LogP) is 3.50. The molecule has 0 unspecified atom stereocenters. The van der Waals surface area contributed by atoms with E-state index in [1.54, 1.807) is 6.08 Å². The lowest BCUT2D eigenvalue weighted by molar-refractivity contribution is 0.783. The molecule has 10 heavy (non-hydrogen) atoms. The molecule has 0 fully saturated rings. The Bertz CT molecular complexity index is 129. The zero-order valence-corrected chi connectivity index (χ0v) is 7.28. The molecule has 0 aromatic carbocycles. The standard InChI is InChI=1S/C10H17/c1-5-7-8-10(4)9(3)6-2/h2,6H,5,7-8H2,1,3-4H3/b6-2?,10-9-. The molecule has 0 heterocycles.